The number of benzene rings is 1. The van der Waals surface area contributed by atoms with Gasteiger partial charge in [0.15, 0.2) is 0 Å². The molecule has 1 atom stereocenters. The van der Waals surface area contributed by atoms with Crippen molar-refractivity contribution in [2.24, 2.45) is 5.73 Å². The highest BCUT2D eigenvalue weighted by Gasteiger charge is 2.21. The maximum absolute atomic E-state index is 13.2. The van der Waals surface area contributed by atoms with Gasteiger partial charge in [-0.1, -0.05) is 31.5 Å². The molecule has 0 aliphatic rings. The van der Waals surface area contributed by atoms with E-state index in [9.17, 15) is 4.39 Å². The topological polar surface area (TPSA) is 29.3 Å². The number of hydrogen-bond donors (Lipinski definition) is 1. The fourth-order valence-electron chi connectivity index (χ4n) is 2.38. The Morgan fingerprint density at radius 2 is 1.94 bits per heavy atom. The van der Waals surface area contributed by atoms with Crippen LogP contribution in [0.1, 0.15) is 38.3 Å². The average molecular weight is 273 g/mol. The molecule has 0 amide bonds. The number of rotatable bonds is 6. The van der Waals surface area contributed by atoms with Crippen LogP contribution in [0.15, 0.2) is 18.2 Å². The van der Waals surface area contributed by atoms with Crippen LogP contribution >= 0.6 is 11.6 Å². The predicted molar refractivity (Wildman–Crippen MR) is 75.3 cm³/mol. The van der Waals surface area contributed by atoms with Crippen molar-refractivity contribution in [3.63, 3.8) is 0 Å². The summed E-state index contributed by atoms with van der Waals surface area (Å²) in [5.41, 5.74) is 6.83. The van der Waals surface area contributed by atoms with Gasteiger partial charge in [0.05, 0.1) is 5.02 Å². The van der Waals surface area contributed by atoms with E-state index in [1.54, 1.807) is 12.1 Å². The van der Waals surface area contributed by atoms with Crippen molar-refractivity contribution >= 4 is 11.6 Å². The number of nitrogens with two attached hydrogens (primary N) is 1. The second-order valence-corrected chi connectivity index (χ2v) is 4.97. The third-order valence-corrected chi connectivity index (χ3v) is 3.85. The van der Waals surface area contributed by atoms with Crippen molar-refractivity contribution in [2.45, 2.75) is 38.8 Å². The number of hydrogen-bond acceptors (Lipinski definition) is 2. The standard InChI is InChI=1S/C14H22ClFN2/c1-4-11(5-2)18(3)14(9-17)10-6-7-13(16)12(15)8-10/h6-8,11,14H,4-5,9,17H2,1-3H3. The van der Waals surface area contributed by atoms with Crippen molar-refractivity contribution in [2.75, 3.05) is 13.6 Å². The zero-order chi connectivity index (χ0) is 13.7. The van der Waals surface area contributed by atoms with Crippen LogP contribution in [-0.4, -0.2) is 24.5 Å². The lowest BCUT2D eigenvalue weighted by molar-refractivity contribution is 0.167. The van der Waals surface area contributed by atoms with E-state index in [-0.39, 0.29) is 16.9 Å². The van der Waals surface area contributed by atoms with Gasteiger partial charge in [-0.3, -0.25) is 4.90 Å². The summed E-state index contributed by atoms with van der Waals surface area (Å²) in [6.07, 6.45) is 2.14. The zero-order valence-electron chi connectivity index (χ0n) is 11.3. The fraction of sp³-hybridized carbons (Fsp3) is 0.571. The molecule has 18 heavy (non-hydrogen) atoms. The van der Waals surface area contributed by atoms with Gasteiger partial charge in [0.1, 0.15) is 5.82 Å². The maximum Gasteiger partial charge on any atom is 0.141 e. The minimum atomic E-state index is -0.388. The highest BCUT2D eigenvalue weighted by molar-refractivity contribution is 6.30. The van der Waals surface area contributed by atoms with Crippen LogP contribution in [0.4, 0.5) is 4.39 Å². The minimum absolute atomic E-state index is 0.0769. The molecule has 4 heteroatoms. The van der Waals surface area contributed by atoms with Gasteiger partial charge in [-0.05, 0) is 37.6 Å². The SMILES string of the molecule is CCC(CC)N(C)C(CN)c1ccc(F)c(Cl)c1. The molecular formula is C14H22ClFN2. The van der Waals surface area contributed by atoms with Gasteiger partial charge < -0.3 is 5.73 Å². The second kappa shape index (κ2) is 7.07. The van der Waals surface area contributed by atoms with Crippen LogP contribution in [0, 0.1) is 5.82 Å². The lowest BCUT2D eigenvalue weighted by Crippen LogP contribution is -2.38. The fourth-order valence-corrected chi connectivity index (χ4v) is 2.57. The van der Waals surface area contributed by atoms with E-state index in [2.05, 4.69) is 25.8 Å². The Bertz CT molecular complexity index is 380. The molecule has 0 spiro atoms. The van der Waals surface area contributed by atoms with Crippen molar-refractivity contribution in [1.29, 1.82) is 0 Å². The van der Waals surface area contributed by atoms with Crippen molar-refractivity contribution in [3.05, 3.63) is 34.6 Å². The molecule has 0 radical (unpaired) electrons. The van der Waals surface area contributed by atoms with Gasteiger partial charge >= 0.3 is 0 Å². The number of likely N-dealkylation sites (N-methyl/N-ethyl adjacent to an activating group) is 1. The van der Waals surface area contributed by atoms with Gasteiger partial charge in [-0.2, -0.15) is 0 Å². The summed E-state index contributed by atoms with van der Waals surface area (Å²) in [5.74, 6) is -0.388. The Balaban J connectivity index is 2.97. The Hall–Kier alpha value is -0.640. The first-order valence-electron chi connectivity index (χ1n) is 6.42. The quantitative estimate of drug-likeness (QED) is 0.857. The normalized spacial score (nSPS) is 13.3. The smallest absolute Gasteiger partial charge is 0.141 e. The number of nitrogens with zero attached hydrogens (tertiary/aromatic N) is 1. The minimum Gasteiger partial charge on any atom is -0.329 e. The summed E-state index contributed by atoms with van der Waals surface area (Å²) in [5, 5.41) is 0.156. The van der Waals surface area contributed by atoms with Crippen LogP contribution in [0.5, 0.6) is 0 Å². The molecule has 1 rings (SSSR count). The molecular weight excluding hydrogens is 251 g/mol. The van der Waals surface area contributed by atoms with Crippen LogP contribution in [-0.2, 0) is 0 Å². The molecule has 0 aliphatic carbocycles. The summed E-state index contributed by atoms with van der Waals surface area (Å²) in [4.78, 5) is 2.25. The van der Waals surface area contributed by atoms with Gasteiger partial charge in [-0.25, -0.2) is 4.39 Å². The summed E-state index contributed by atoms with van der Waals surface area (Å²) in [6.45, 7) is 4.82. The molecule has 0 aromatic heterocycles. The molecule has 0 bridgehead atoms. The Morgan fingerprint density at radius 3 is 2.39 bits per heavy atom. The van der Waals surface area contributed by atoms with E-state index in [0.29, 0.717) is 12.6 Å². The lowest BCUT2D eigenvalue weighted by atomic mass is 10.0. The first kappa shape index (κ1) is 15.4. The molecule has 102 valence electrons. The molecule has 1 unspecified atom stereocenters. The van der Waals surface area contributed by atoms with E-state index in [1.807, 2.05) is 0 Å². The molecule has 1 aromatic carbocycles. The predicted octanol–water partition coefficient (Wildman–Crippen LogP) is 3.60. The Kier molecular flexibility index (Phi) is 6.06. The zero-order valence-corrected chi connectivity index (χ0v) is 12.0. The molecule has 0 saturated carbocycles. The van der Waals surface area contributed by atoms with Gasteiger partial charge in [0, 0.05) is 18.6 Å². The van der Waals surface area contributed by atoms with E-state index in [0.717, 1.165) is 18.4 Å². The molecule has 0 aliphatic heterocycles. The summed E-state index contributed by atoms with van der Waals surface area (Å²) < 4.78 is 13.2. The van der Waals surface area contributed by atoms with E-state index in [1.165, 1.54) is 6.07 Å². The largest absolute Gasteiger partial charge is 0.329 e. The molecule has 2 nitrogen and oxygen atoms in total. The van der Waals surface area contributed by atoms with Gasteiger partial charge in [0.2, 0.25) is 0 Å². The molecule has 0 heterocycles. The van der Waals surface area contributed by atoms with Crippen molar-refractivity contribution in [1.82, 2.24) is 4.90 Å². The monoisotopic (exact) mass is 272 g/mol. The highest BCUT2D eigenvalue weighted by Crippen LogP contribution is 2.26. The van der Waals surface area contributed by atoms with Crippen molar-refractivity contribution in [3.8, 4) is 0 Å². The Labute approximate surface area is 114 Å². The number of halogens is 2. The first-order chi connectivity index (χ1) is 8.54. The van der Waals surface area contributed by atoms with E-state index < -0.39 is 0 Å². The average Bonchev–Trinajstić information content (AvgIpc) is 2.36. The molecule has 0 saturated heterocycles. The van der Waals surface area contributed by atoms with Gasteiger partial charge in [0.25, 0.3) is 0 Å². The molecule has 1 aromatic rings. The van der Waals surface area contributed by atoms with Crippen LogP contribution in [0.3, 0.4) is 0 Å². The third kappa shape index (κ3) is 3.44. The molecule has 0 fully saturated rings. The van der Waals surface area contributed by atoms with Crippen LogP contribution < -0.4 is 5.73 Å². The highest BCUT2D eigenvalue weighted by atomic mass is 35.5. The van der Waals surface area contributed by atoms with Crippen LogP contribution in [0.25, 0.3) is 0 Å². The maximum atomic E-state index is 13.2. The van der Waals surface area contributed by atoms with Crippen molar-refractivity contribution < 1.29 is 4.39 Å². The first-order valence-corrected chi connectivity index (χ1v) is 6.79. The van der Waals surface area contributed by atoms with Gasteiger partial charge in [-0.15, -0.1) is 0 Å². The summed E-state index contributed by atoms with van der Waals surface area (Å²) in [7, 11) is 2.06. The second-order valence-electron chi connectivity index (χ2n) is 4.56. The molecule has 2 N–H and O–H groups in total. The summed E-state index contributed by atoms with van der Waals surface area (Å²) in [6, 6.07) is 5.39. The third-order valence-electron chi connectivity index (χ3n) is 3.56. The van der Waals surface area contributed by atoms with Crippen LogP contribution in [0.2, 0.25) is 5.02 Å². The van der Waals surface area contributed by atoms with E-state index in [4.69, 9.17) is 17.3 Å². The Morgan fingerprint density at radius 1 is 1.33 bits per heavy atom. The van der Waals surface area contributed by atoms with E-state index >= 15 is 0 Å². The lowest BCUT2D eigenvalue weighted by Gasteiger charge is -2.34. The summed E-state index contributed by atoms with van der Waals surface area (Å²) >= 11 is 5.83.